The summed E-state index contributed by atoms with van der Waals surface area (Å²) in [5.41, 5.74) is 0.794. The summed E-state index contributed by atoms with van der Waals surface area (Å²) in [4.78, 5) is 15.6. The van der Waals surface area contributed by atoms with Crippen LogP contribution in [-0.2, 0) is 6.54 Å². The Bertz CT molecular complexity index is 480. The molecule has 1 amide bonds. The molecule has 4 nitrogen and oxygen atoms in total. The maximum absolute atomic E-state index is 13.4. The summed E-state index contributed by atoms with van der Waals surface area (Å²) in [5, 5.41) is 4.37. The molecule has 2 fully saturated rings. The fourth-order valence-electron chi connectivity index (χ4n) is 4.38. The first-order valence-corrected chi connectivity index (χ1v) is 9.65. The lowest BCUT2D eigenvalue weighted by atomic mass is 9.88. The number of aromatic nitrogens is 2. The molecule has 0 N–H and O–H groups in total. The van der Waals surface area contributed by atoms with Crippen LogP contribution < -0.4 is 0 Å². The first-order chi connectivity index (χ1) is 11.3. The first kappa shape index (κ1) is 16.5. The van der Waals surface area contributed by atoms with E-state index in [1.54, 1.807) is 6.20 Å². The second-order valence-corrected chi connectivity index (χ2v) is 7.24. The molecule has 0 atom stereocenters. The average molecular weight is 317 g/mol. The maximum atomic E-state index is 13.4. The lowest BCUT2D eigenvalue weighted by molar-refractivity contribution is 0.0436. The van der Waals surface area contributed by atoms with Gasteiger partial charge in [0, 0.05) is 24.8 Å². The van der Waals surface area contributed by atoms with Gasteiger partial charge < -0.3 is 4.90 Å². The Hall–Kier alpha value is -1.32. The molecule has 3 rings (SSSR count). The molecule has 0 saturated heterocycles. The monoisotopic (exact) mass is 317 g/mol. The van der Waals surface area contributed by atoms with Gasteiger partial charge >= 0.3 is 0 Å². The van der Waals surface area contributed by atoms with E-state index in [1.807, 2.05) is 10.7 Å². The van der Waals surface area contributed by atoms with E-state index in [4.69, 9.17) is 0 Å². The zero-order chi connectivity index (χ0) is 16.1. The Morgan fingerprint density at radius 3 is 2.17 bits per heavy atom. The van der Waals surface area contributed by atoms with Crippen LogP contribution in [0, 0.1) is 0 Å². The number of rotatable bonds is 5. The summed E-state index contributed by atoms with van der Waals surface area (Å²) < 4.78 is 1.90. The molecule has 1 heterocycles. The number of carbonyl (C=O) groups is 1. The second-order valence-electron chi connectivity index (χ2n) is 7.24. The maximum Gasteiger partial charge on any atom is 0.272 e. The van der Waals surface area contributed by atoms with Gasteiger partial charge in [0.15, 0.2) is 0 Å². The van der Waals surface area contributed by atoms with E-state index in [0.29, 0.717) is 12.1 Å². The normalized spacial score (nSPS) is 20.6. The summed E-state index contributed by atoms with van der Waals surface area (Å²) in [5.74, 6) is 0.231. The van der Waals surface area contributed by atoms with Gasteiger partial charge in [-0.3, -0.25) is 9.48 Å². The molecular weight excluding hydrogens is 286 g/mol. The van der Waals surface area contributed by atoms with Crippen LogP contribution in [0.3, 0.4) is 0 Å². The number of hydrogen-bond acceptors (Lipinski definition) is 2. The number of amides is 1. The van der Waals surface area contributed by atoms with Crippen LogP contribution in [0.25, 0.3) is 0 Å². The van der Waals surface area contributed by atoms with E-state index >= 15 is 0 Å². The summed E-state index contributed by atoms with van der Waals surface area (Å²) >= 11 is 0. The standard InChI is InChI=1S/C19H31N3O/c1-2-15-21-18(13-14-20-21)19(23)22(16-9-5-3-6-10-16)17-11-7-4-8-12-17/h13-14,16-17H,2-12,15H2,1H3. The van der Waals surface area contributed by atoms with Crippen LogP contribution in [0.2, 0.25) is 0 Å². The van der Waals surface area contributed by atoms with Crippen LogP contribution >= 0.6 is 0 Å². The zero-order valence-corrected chi connectivity index (χ0v) is 14.5. The molecule has 0 aromatic carbocycles. The molecule has 0 spiro atoms. The smallest absolute Gasteiger partial charge is 0.272 e. The third kappa shape index (κ3) is 3.78. The molecule has 0 bridgehead atoms. The van der Waals surface area contributed by atoms with Crippen molar-refractivity contribution in [3.63, 3.8) is 0 Å². The number of hydrogen-bond donors (Lipinski definition) is 0. The molecule has 2 aliphatic carbocycles. The van der Waals surface area contributed by atoms with E-state index in [1.165, 1.54) is 64.2 Å². The molecular formula is C19H31N3O. The van der Waals surface area contributed by atoms with Gasteiger partial charge in [-0.1, -0.05) is 45.4 Å². The molecule has 2 saturated carbocycles. The Balaban J connectivity index is 1.83. The lowest BCUT2D eigenvalue weighted by Crippen LogP contribution is -2.49. The quantitative estimate of drug-likeness (QED) is 0.807. The molecule has 128 valence electrons. The molecule has 0 unspecified atom stereocenters. The topological polar surface area (TPSA) is 38.1 Å². The molecule has 0 radical (unpaired) electrons. The van der Waals surface area contributed by atoms with E-state index in [9.17, 15) is 4.79 Å². The minimum Gasteiger partial charge on any atom is -0.331 e. The van der Waals surface area contributed by atoms with Crippen LogP contribution in [0.5, 0.6) is 0 Å². The highest BCUT2D eigenvalue weighted by Gasteiger charge is 2.34. The van der Waals surface area contributed by atoms with Crippen molar-refractivity contribution in [3.8, 4) is 0 Å². The zero-order valence-electron chi connectivity index (χ0n) is 14.5. The van der Waals surface area contributed by atoms with Crippen molar-refractivity contribution in [2.45, 2.75) is 96.2 Å². The highest BCUT2D eigenvalue weighted by Crippen LogP contribution is 2.31. The van der Waals surface area contributed by atoms with Gasteiger partial charge in [-0.15, -0.1) is 0 Å². The Labute approximate surface area is 140 Å². The van der Waals surface area contributed by atoms with Gasteiger partial charge in [0.25, 0.3) is 5.91 Å². The summed E-state index contributed by atoms with van der Waals surface area (Å²) in [7, 11) is 0. The van der Waals surface area contributed by atoms with Gasteiger partial charge in [0.1, 0.15) is 5.69 Å². The van der Waals surface area contributed by atoms with E-state index in [-0.39, 0.29) is 5.91 Å². The lowest BCUT2D eigenvalue weighted by Gasteiger charge is -2.41. The van der Waals surface area contributed by atoms with Crippen LogP contribution in [0.4, 0.5) is 0 Å². The number of nitrogens with zero attached hydrogens (tertiary/aromatic N) is 3. The van der Waals surface area contributed by atoms with Crippen LogP contribution in [-0.4, -0.2) is 32.7 Å². The van der Waals surface area contributed by atoms with Crippen LogP contribution in [0.1, 0.15) is 88.0 Å². The fraction of sp³-hybridized carbons (Fsp3) is 0.789. The number of aryl methyl sites for hydroxylation is 1. The van der Waals surface area contributed by atoms with Gasteiger partial charge in [0.2, 0.25) is 0 Å². The number of carbonyl (C=O) groups excluding carboxylic acids is 1. The summed E-state index contributed by atoms with van der Waals surface area (Å²) in [6.07, 6.45) is 15.3. The fourth-order valence-corrected chi connectivity index (χ4v) is 4.38. The molecule has 1 aromatic heterocycles. The van der Waals surface area contributed by atoms with Crippen molar-refractivity contribution >= 4 is 5.91 Å². The summed E-state index contributed by atoms with van der Waals surface area (Å²) in [6.45, 7) is 2.97. The third-order valence-corrected chi connectivity index (χ3v) is 5.54. The molecule has 23 heavy (non-hydrogen) atoms. The second kappa shape index (κ2) is 7.98. The first-order valence-electron chi connectivity index (χ1n) is 9.65. The Morgan fingerprint density at radius 2 is 1.65 bits per heavy atom. The average Bonchev–Trinajstić information content (AvgIpc) is 3.06. The third-order valence-electron chi connectivity index (χ3n) is 5.54. The SMILES string of the molecule is CCCn1nccc1C(=O)N(C1CCCCC1)C1CCCCC1. The van der Waals surface area contributed by atoms with E-state index in [0.717, 1.165) is 18.7 Å². The van der Waals surface area contributed by atoms with Crippen molar-refractivity contribution < 1.29 is 4.79 Å². The predicted molar refractivity (Wildman–Crippen MR) is 92.4 cm³/mol. The minimum atomic E-state index is 0.231. The predicted octanol–water partition coefficient (Wildman–Crippen LogP) is 4.40. The van der Waals surface area contributed by atoms with E-state index in [2.05, 4.69) is 16.9 Å². The van der Waals surface area contributed by atoms with Crippen molar-refractivity contribution in [1.29, 1.82) is 0 Å². The molecule has 1 aromatic rings. The van der Waals surface area contributed by atoms with Crippen LogP contribution in [0.15, 0.2) is 12.3 Å². The van der Waals surface area contributed by atoms with Gasteiger partial charge in [-0.05, 0) is 38.2 Å². The highest BCUT2D eigenvalue weighted by atomic mass is 16.2. The largest absolute Gasteiger partial charge is 0.331 e. The van der Waals surface area contributed by atoms with Crippen molar-refractivity contribution in [2.75, 3.05) is 0 Å². The van der Waals surface area contributed by atoms with Crippen molar-refractivity contribution in [2.24, 2.45) is 0 Å². The van der Waals surface area contributed by atoms with Gasteiger partial charge in [-0.2, -0.15) is 5.10 Å². The molecule has 0 aliphatic heterocycles. The summed E-state index contributed by atoms with van der Waals surface area (Å²) in [6, 6.07) is 2.81. The Morgan fingerprint density at radius 1 is 1.09 bits per heavy atom. The van der Waals surface area contributed by atoms with Gasteiger partial charge in [-0.25, -0.2) is 0 Å². The molecule has 4 heteroatoms. The Kier molecular flexibility index (Phi) is 5.74. The van der Waals surface area contributed by atoms with Crippen molar-refractivity contribution in [3.05, 3.63) is 18.0 Å². The highest BCUT2D eigenvalue weighted by molar-refractivity contribution is 5.93. The minimum absolute atomic E-state index is 0.231. The van der Waals surface area contributed by atoms with Crippen molar-refractivity contribution in [1.82, 2.24) is 14.7 Å². The van der Waals surface area contributed by atoms with E-state index < -0.39 is 0 Å². The van der Waals surface area contributed by atoms with Gasteiger partial charge in [0.05, 0.1) is 0 Å². The molecule has 2 aliphatic rings.